The molecule has 0 bridgehead atoms. The Kier molecular flexibility index (Phi) is 7.56. The summed E-state index contributed by atoms with van der Waals surface area (Å²) in [4.78, 5) is 95.3. The summed E-state index contributed by atoms with van der Waals surface area (Å²) in [5.74, 6) is -6.54. The zero-order valence-electron chi connectivity index (χ0n) is 19.7. The summed E-state index contributed by atoms with van der Waals surface area (Å²) in [6, 6.07) is 3.90. The van der Waals surface area contributed by atoms with E-state index < -0.39 is 79.3 Å². The van der Waals surface area contributed by atoms with Crippen LogP contribution in [0.4, 0.5) is 22.7 Å². The van der Waals surface area contributed by atoms with Gasteiger partial charge in [-0.25, -0.2) is 19.4 Å². The molecular formula is C22H14N4O12S2. The second-order valence-corrected chi connectivity index (χ2v) is 10.5. The molecule has 2 aliphatic heterocycles. The van der Waals surface area contributed by atoms with Crippen LogP contribution in [0.25, 0.3) is 0 Å². The number of aromatic carboxylic acids is 2. The van der Waals surface area contributed by atoms with Crippen molar-refractivity contribution in [1.29, 1.82) is 0 Å². The summed E-state index contributed by atoms with van der Waals surface area (Å²) in [5.41, 5.74) is -4.76. The van der Waals surface area contributed by atoms with Gasteiger partial charge in [-0.3, -0.25) is 39.4 Å². The SMILES string of the molecule is O=C(O)c1cc(SSc2cc(C(=O)O)c([N+](=O)[O-])c(N3C(=O)CCC3=O)c2)cc(N2C(=O)CCC2=O)c1[N+](=O)[O-]. The third-order valence-corrected chi connectivity index (χ3v) is 8.12. The van der Waals surface area contributed by atoms with E-state index in [1.165, 1.54) is 0 Å². The van der Waals surface area contributed by atoms with Gasteiger partial charge in [-0.05, 0) is 24.3 Å². The number of amides is 4. The van der Waals surface area contributed by atoms with Crippen molar-refractivity contribution in [3.8, 4) is 0 Å². The van der Waals surface area contributed by atoms with E-state index in [2.05, 4.69) is 0 Å². The first-order valence-corrected chi connectivity index (χ1v) is 13.1. The van der Waals surface area contributed by atoms with E-state index in [4.69, 9.17) is 0 Å². The number of carboxylic acid groups (broad SMARTS) is 2. The van der Waals surface area contributed by atoms with Crippen molar-refractivity contribution in [3.05, 3.63) is 55.6 Å². The zero-order valence-corrected chi connectivity index (χ0v) is 21.4. The maximum Gasteiger partial charge on any atom is 0.342 e. The van der Waals surface area contributed by atoms with Gasteiger partial charge in [-0.2, -0.15) is 0 Å². The fraction of sp³-hybridized carbons (Fsp3) is 0.182. The van der Waals surface area contributed by atoms with Crippen LogP contribution < -0.4 is 9.80 Å². The number of nitrogens with zero attached hydrogens (tertiary/aromatic N) is 4. The average Bonchev–Trinajstić information content (AvgIpc) is 3.40. The van der Waals surface area contributed by atoms with Crippen LogP contribution in [0.2, 0.25) is 0 Å². The first-order chi connectivity index (χ1) is 18.8. The lowest BCUT2D eigenvalue weighted by molar-refractivity contribution is -0.384. The number of carbonyl (C=O) groups excluding carboxylic acids is 4. The number of hydrogen-bond donors (Lipinski definition) is 2. The van der Waals surface area contributed by atoms with Gasteiger partial charge < -0.3 is 10.2 Å². The van der Waals surface area contributed by atoms with Crippen molar-refractivity contribution in [2.24, 2.45) is 0 Å². The normalized spacial score (nSPS) is 15.2. The summed E-state index contributed by atoms with van der Waals surface area (Å²) in [5, 5.41) is 42.7. The van der Waals surface area contributed by atoms with E-state index >= 15 is 0 Å². The van der Waals surface area contributed by atoms with Gasteiger partial charge in [0, 0.05) is 35.5 Å². The third kappa shape index (κ3) is 5.08. The Morgan fingerprint density at radius 3 is 1.20 bits per heavy atom. The van der Waals surface area contributed by atoms with Crippen LogP contribution >= 0.6 is 21.6 Å². The van der Waals surface area contributed by atoms with Crippen molar-refractivity contribution in [1.82, 2.24) is 0 Å². The van der Waals surface area contributed by atoms with Gasteiger partial charge in [-0.15, -0.1) is 0 Å². The molecule has 4 rings (SSSR count). The zero-order chi connectivity index (χ0) is 29.5. The molecule has 2 aliphatic rings. The lowest BCUT2D eigenvalue weighted by Crippen LogP contribution is -2.30. The molecule has 4 amide bonds. The highest BCUT2D eigenvalue weighted by molar-refractivity contribution is 8.76. The highest BCUT2D eigenvalue weighted by Crippen LogP contribution is 2.46. The Bertz CT molecular complexity index is 1430. The molecule has 0 aromatic heterocycles. The van der Waals surface area contributed by atoms with Gasteiger partial charge in [0.05, 0.1) is 9.85 Å². The second kappa shape index (κ2) is 10.7. The van der Waals surface area contributed by atoms with Crippen LogP contribution in [0.1, 0.15) is 46.4 Å². The highest BCUT2D eigenvalue weighted by Gasteiger charge is 2.39. The molecular weight excluding hydrogens is 576 g/mol. The van der Waals surface area contributed by atoms with Crippen molar-refractivity contribution in [2.75, 3.05) is 9.80 Å². The molecule has 16 nitrogen and oxygen atoms in total. The number of rotatable bonds is 9. The molecule has 2 heterocycles. The van der Waals surface area contributed by atoms with Gasteiger partial charge in [0.2, 0.25) is 23.6 Å². The molecule has 2 N–H and O–H groups in total. The topological polar surface area (TPSA) is 236 Å². The fourth-order valence-electron chi connectivity index (χ4n) is 4.12. The molecule has 0 atom stereocenters. The van der Waals surface area contributed by atoms with E-state index in [1.54, 1.807) is 0 Å². The molecule has 40 heavy (non-hydrogen) atoms. The molecule has 2 aromatic carbocycles. The lowest BCUT2D eigenvalue weighted by atomic mass is 10.1. The van der Waals surface area contributed by atoms with E-state index in [9.17, 15) is 59.2 Å². The summed E-state index contributed by atoms with van der Waals surface area (Å²) in [7, 11) is 1.44. The number of carbonyl (C=O) groups is 6. The van der Waals surface area contributed by atoms with Crippen molar-refractivity contribution in [2.45, 2.75) is 35.5 Å². The van der Waals surface area contributed by atoms with Crippen LogP contribution in [-0.4, -0.2) is 55.6 Å². The predicted octanol–water partition coefficient (Wildman–Crippen LogP) is 3.01. The van der Waals surface area contributed by atoms with Crippen LogP contribution in [0.5, 0.6) is 0 Å². The Morgan fingerprint density at radius 1 is 0.650 bits per heavy atom. The Morgan fingerprint density at radius 2 is 0.950 bits per heavy atom. The van der Waals surface area contributed by atoms with Gasteiger partial charge in [0.15, 0.2) is 0 Å². The Hall–Kier alpha value is -4.84. The summed E-state index contributed by atoms with van der Waals surface area (Å²) in [6.07, 6.45) is -0.937. The molecule has 0 saturated carbocycles. The molecule has 2 saturated heterocycles. The quantitative estimate of drug-likeness (QED) is 0.185. The maximum absolute atomic E-state index is 12.3. The second-order valence-electron chi connectivity index (χ2n) is 8.21. The molecule has 0 radical (unpaired) electrons. The number of hydrogen-bond acceptors (Lipinski definition) is 12. The van der Waals surface area contributed by atoms with Gasteiger partial charge in [0.1, 0.15) is 22.5 Å². The number of nitro benzene ring substituents is 2. The smallest absolute Gasteiger partial charge is 0.342 e. The van der Waals surface area contributed by atoms with Gasteiger partial charge >= 0.3 is 23.3 Å². The molecule has 0 unspecified atom stereocenters. The van der Waals surface area contributed by atoms with E-state index in [0.717, 1.165) is 45.9 Å². The van der Waals surface area contributed by atoms with Crippen molar-refractivity contribution >= 4 is 79.9 Å². The van der Waals surface area contributed by atoms with Crippen LogP contribution in [0.3, 0.4) is 0 Å². The summed E-state index contributed by atoms with van der Waals surface area (Å²) >= 11 is 0. The number of anilines is 2. The van der Waals surface area contributed by atoms with E-state index in [1.807, 2.05) is 0 Å². The van der Waals surface area contributed by atoms with Crippen LogP contribution in [0.15, 0.2) is 34.1 Å². The third-order valence-electron chi connectivity index (χ3n) is 5.77. The molecule has 18 heteroatoms. The first-order valence-electron chi connectivity index (χ1n) is 11.0. The largest absolute Gasteiger partial charge is 0.477 e. The minimum atomic E-state index is -1.73. The monoisotopic (exact) mass is 590 g/mol. The molecule has 0 aliphatic carbocycles. The standard InChI is InChI=1S/C22H14N4O12S2/c27-15-1-2-16(28)23(15)13-7-9(5-11(21(31)32)19(13)25(35)36)39-40-10-6-12(22(33)34)20(26(37)38)14(8-10)24-17(29)3-4-18(24)30/h5-8H,1-4H2,(H,31,32)(H,33,34). The van der Waals surface area contributed by atoms with Crippen molar-refractivity contribution < 1.29 is 48.8 Å². The molecule has 0 spiro atoms. The fourth-order valence-corrected chi connectivity index (χ4v) is 6.12. The van der Waals surface area contributed by atoms with Gasteiger partial charge in [0.25, 0.3) is 0 Å². The van der Waals surface area contributed by atoms with Crippen molar-refractivity contribution in [3.63, 3.8) is 0 Å². The Balaban J connectivity index is 1.81. The molecule has 2 fully saturated rings. The van der Waals surface area contributed by atoms with Crippen LogP contribution in [-0.2, 0) is 19.2 Å². The lowest BCUT2D eigenvalue weighted by Gasteiger charge is -2.17. The maximum atomic E-state index is 12.3. The molecule has 206 valence electrons. The van der Waals surface area contributed by atoms with Crippen LogP contribution in [0, 0.1) is 20.2 Å². The average molecular weight is 591 g/mol. The molecule has 2 aromatic rings. The number of imide groups is 2. The van der Waals surface area contributed by atoms with Gasteiger partial charge in [-0.1, -0.05) is 21.6 Å². The summed E-state index contributed by atoms with van der Waals surface area (Å²) in [6.45, 7) is 0. The minimum Gasteiger partial charge on any atom is -0.477 e. The number of carboxylic acids is 2. The highest BCUT2D eigenvalue weighted by atomic mass is 33.1. The summed E-state index contributed by atoms with van der Waals surface area (Å²) < 4.78 is 0. The van der Waals surface area contributed by atoms with E-state index in [0.29, 0.717) is 9.80 Å². The predicted molar refractivity (Wildman–Crippen MR) is 135 cm³/mol. The Labute approximate surface area is 229 Å². The first kappa shape index (κ1) is 28.2. The minimum absolute atomic E-state index is 0.0133. The number of benzene rings is 2. The number of nitro groups is 2. The van der Waals surface area contributed by atoms with E-state index in [-0.39, 0.29) is 35.5 Å².